The van der Waals surface area contributed by atoms with Crippen molar-refractivity contribution in [3.05, 3.63) is 42.5 Å². The van der Waals surface area contributed by atoms with Gasteiger partial charge in [0, 0.05) is 6.04 Å². The number of nitrogens with one attached hydrogen (secondary N) is 2. The largest absolute Gasteiger partial charge is 0.317 e. The molecule has 1 heterocycles. The van der Waals surface area contributed by atoms with E-state index in [9.17, 15) is 8.42 Å². The lowest BCUT2D eigenvalue weighted by Gasteiger charge is -2.16. The van der Waals surface area contributed by atoms with Crippen LogP contribution in [-0.2, 0) is 10.0 Å². The molecular formula is C16H20N2O2S. The molecular weight excluding hydrogens is 284 g/mol. The van der Waals surface area contributed by atoms with Gasteiger partial charge in [0.1, 0.15) is 0 Å². The minimum Gasteiger partial charge on any atom is -0.317 e. The molecule has 0 bridgehead atoms. The third-order valence-corrected chi connectivity index (χ3v) is 5.45. The molecule has 2 N–H and O–H groups in total. The Labute approximate surface area is 125 Å². The van der Waals surface area contributed by atoms with Crippen molar-refractivity contribution in [3.63, 3.8) is 0 Å². The second-order valence-electron chi connectivity index (χ2n) is 5.51. The number of hydrogen-bond acceptors (Lipinski definition) is 3. The fraction of sp³-hybridized carbons (Fsp3) is 0.375. The van der Waals surface area contributed by atoms with Gasteiger partial charge < -0.3 is 5.32 Å². The predicted octanol–water partition coefficient (Wildman–Crippen LogP) is 2.26. The summed E-state index contributed by atoms with van der Waals surface area (Å²) in [6.07, 6.45) is 2.73. The summed E-state index contributed by atoms with van der Waals surface area (Å²) in [4.78, 5) is 0.346. The molecule has 0 amide bonds. The zero-order chi connectivity index (χ0) is 14.7. The summed E-state index contributed by atoms with van der Waals surface area (Å²) in [6.45, 7) is 1.83. The van der Waals surface area contributed by atoms with Crippen molar-refractivity contribution >= 4 is 20.8 Å². The normalized spacial score (nSPS) is 20.3. The average Bonchev–Trinajstić information content (AvgIpc) is 2.75. The van der Waals surface area contributed by atoms with E-state index in [4.69, 9.17) is 0 Å². The Morgan fingerprint density at radius 3 is 2.67 bits per heavy atom. The first-order chi connectivity index (χ1) is 10.1. The van der Waals surface area contributed by atoms with Gasteiger partial charge in [-0.05, 0) is 55.3 Å². The van der Waals surface area contributed by atoms with E-state index in [1.54, 1.807) is 12.1 Å². The average molecular weight is 304 g/mol. The third kappa shape index (κ3) is 3.43. The zero-order valence-electron chi connectivity index (χ0n) is 11.9. The molecule has 2 aromatic rings. The number of fused-ring (bicyclic) bond motifs is 1. The lowest BCUT2D eigenvalue weighted by molar-refractivity contribution is 0.518. The Kier molecular flexibility index (Phi) is 4.24. The summed E-state index contributed by atoms with van der Waals surface area (Å²) in [6, 6.07) is 13.1. The summed E-state index contributed by atoms with van der Waals surface area (Å²) in [7, 11) is -3.45. The lowest BCUT2D eigenvalue weighted by atomic mass is 10.1. The Morgan fingerprint density at radius 1 is 1.00 bits per heavy atom. The molecule has 0 aliphatic carbocycles. The Balaban J connectivity index is 1.85. The van der Waals surface area contributed by atoms with E-state index < -0.39 is 10.0 Å². The first-order valence-corrected chi connectivity index (χ1v) is 8.85. The van der Waals surface area contributed by atoms with Crippen LogP contribution in [0.2, 0.25) is 0 Å². The molecule has 2 aromatic carbocycles. The van der Waals surface area contributed by atoms with Crippen LogP contribution in [0.15, 0.2) is 47.4 Å². The van der Waals surface area contributed by atoms with Crippen molar-refractivity contribution in [3.8, 4) is 0 Å². The van der Waals surface area contributed by atoms with E-state index >= 15 is 0 Å². The molecule has 1 aliphatic rings. The van der Waals surface area contributed by atoms with Crippen molar-refractivity contribution in [2.75, 3.05) is 13.1 Å². The Bertz CT molecular complexity index is 720. The molecule has 21 heavy (non-hydrogen) atoms. The van der Waals surface area contributed by atoms with Gasteiger partial charge in [0.25, 0.3) is 0 Å². The molecule has 1 aliphatic heterocycles. The molecule has 3 rings (SSSR count). The van der Waals surface area contributed by atoms with Crippen LogP contribution < -0.4 is 10.0 Å². The molecule has 5 heteroatoms. The number of benzene rings is 2. The van der Waals surface area contributed by atoms with Gasteiger partial charge in [-0.15, -0.1) is 0 Å². The van der Waals surface area contributed by atoms with Gasteiger partial charge in [-0.1, -0.05) is 30.3 Å². The first kappa shape index (κ1) is 14.5. The van der Waals surface area contributed by atoms with E-state index in [1.807, 2.05) is 30.3 Å². The highest BCUT2D eigenvalue weighted by molar-refractivity contribution is 7.89. The second kappa shape index (κ2) is 6.13. The van der Waals surface area contributed by atoms with E-state index in [0.29, 0.717) is 4.90 Å². The van der Waals surface area contributed by atoms with Crippen LogP contribution >= 0.6 is 0 Å². The Hall–Kier alpha value is -1.43. The second-order valence-corrected chi connectivity index (χ2v) is 7.22. The maximum absolute atomic E-state index is 12.5. The minimum atomic E-state index is -3.45. The van der Waals surface area contributed by atoms with Crippen molar-refractivity contribution in [1.82, 2.24) is 10.0 Å². The Morgan fingerprint density at radius 2 is 1.81 bits per heavy atom. The SMILES string of the molecule is O=S(=O)(NC1CCCNCC1)c1ccc2ccccc2c1. The summed E-state index contributed by atoms with van der Waals surface area (Å²) in [5, 5.41) is 5.29. The maximum atomic E-state index is 12.5. The first-order valence-electron chi connectivity index (χ1n) is 7.37. The fourth-order valence-corrected chi connectivity index (χ4v) is 4.10. The topological polar surface area (TPSA) is 58.2 Å². The van der Waals surface area contributed by atoms with Crippen molar-refractivity contribution in [2.24, 2.45) is 0 Å². The molecule has 1 atom stereocenters. The van der Waals surface area contributed by atoms with Crippen molar-refractivity contribution in [2.45, 2.75) is 30.2 Å². The van der Waals surface area contributed by atoms with Gasteiger partial charge >= 0.3 is 0 Å². The molecule has 1 fully saturated rings. The van der Waals surface area contributed by atoms with Crippen molar-refractivity contribution in [1.29, 1.82) is 0 Å². The van der Waals surface area contributed by atoms with Gasteiger partial charge in [0.15, 0.2) is 0 Å². The summed E-state index contributed by atoms with van der Waals surface area (Å²) < 4.78 is 27.9. The molecule has 0 spiro atoms. The molecule has 0 aromatic heterocycles. The summed E-state index contributed by atoms with van der Waals surface area (Å²) >= 11 is 0. The lowest BCUT2D eigenvalue weighted by Crippen LogP contribution is -2.35. The van der Waals surface area contributed by atoms with Crippen LogP contribution in [-0.4, -0.2) is 27.5 Å². The van der Waals surface area contributed by atoms with E-state index in [2.05, 4.69) is 10.0 Å². The van der Waals surface area contributed by atoms with Crippen LogP contribution in [0.5, 0.6) is 0 Å². The maximum Gasteiger partial charge on any atom is 0.240 e. The number of rotatable bonds is 3. The van der Waals surface area contributed by atoms with E-state index in [-0.39, 0.29) is 6.04 Å². The molecule has 0 saturated carbocycles. The van der Waals surface area contributed by atoms with Gasteiger partial charge in [-0.25, -0.2) is 13.1 Å². The highest BCUT2D eigenvalue weighted by Gasteiger charge is 2.21. The van der Waals surface area contributed by atoms with Crippen molar-refractivity contribution < 1.29 is 8.42 Å². The highest BCUT2D eigenvalue weighted by Crippen LogP contribution is 2.20. The van der Waals surface area contributed by atoms with Crippen LogP contribution in [0.25, 0.3) is 10.8 Å². The standard InChI is InChI=1S/C16H20N2O2S/c19-21(20,18-15-6-3-10-17-11-9-15)16-8-7-13-4-1-2-5-14(13)12-16/h1-2,4-5,7-8,12,15,17-18H,3,6,9-11H2. The quantitative estimate of drug-likeness (QED) is 0.914. The smallest absolute Gasteiger partial charge is 0.240 e. The molecule has 1 saturated heterocycles. The van der Waals surface area contributed by atoms with Crippen LogP contribution in [0.1, 0.15) is 19.3 Å². The number of hydrogen-bond donors (Lipinski definition) is 2. The predicted molar refractivity (Wildman–Crippen MR) is 84.8 cm³/mol. The zero-order valence-corrected chi connectivity index (χ0v) is 12.7. The van der Waals surface area contributed by atoms with Gasteiger partial charge in [-0.3, -0.25) is 0 Å². The van der Waals surface area contributed by atoms with E-state index in [1.165, 1.54) is 0 Å². The summed E-state index contributed by atoms with van der Waals surface area (Å²) in [5.41, 5.74) is 0. The molecule has 112 valence electrons. The van der Waals surface area contributed by atoms with Gasteiger partial charge in [0.05, 0.1) is 4.90 Å². The monoisotopic (exact) mass is 304 g/mol. The van der Waals surface area contributed by atoms with E-state index in [0.717, 1.165) is 43.1 Å². The van der Waals surface area contributed by atoms with Crippen LogP contribution in [0.4, 0.5) is 0 Å². The van der Waals surface area contributed by atoms with Gasteiger partial charge in [0.2, 0.25) is 10.0 Å². The highest BCUT2D eigenvalue weighted by atomic mass is 32.2. The third-order valence-electron chi connectivity index (χ3n) is 3.93. The van der Waals surface area contributed by atoms with Crippen LogP contribution in [0, 0.1) is 0 Å². The van der Waals surface area contributed by atoms with Gasteiger partial charge in [-0.2, -0.15) is 0 Å². The minimum absolute atomic E-state index is 0.0245. The van der Waals surface area contributed by atoms with Crippen LogP contribution in [0.3, 0.4) is 0 Å². The molecule has 4 nitrogen and oxygen atoms in total. The number of sulfonamides is 1. The fourth-order valence-electron chi connectivity index (χ4n) is 2.76. The molecule has 1 unspecified atom stereocenters. The summed E-state index contributed by atoms with van der Waals surface area (Å²) in [5.74, 6) is 0. The molecule has 0 radical (unpaired) electrons.